The van der Waals surface area contributed by atoms with Gasteiger partial charge in [-0.1, -0.05) is 6.07 Å². The van der Waals surface area contributed by atoms with E-state index in [-0.39, 0.29) is 5.56 Å². The highest BCUT2D eigenvalue weighted by Crippen LogP contribution is 2.30. The van der Waals surface area contributed by atoms with Crippen molar-refractivity contribution in [2.75, 3.05) is 0 Å². The molecule has 0 fully saturated rings. The molecule has 0 saturated heterocycles. The van der Waals surface area contributed by atoms with Crippen LogP contribution in [0.25, 0.3) is 0 Å². The number of carbonyl (C=O) groups is 1. The highest BCUT2D eigenvalue weighted by molar-refractivity contribution is 5.94. The monoisotopic (exact) mass is 537 g/mol. The molecule has 2 aromatic heterocycles. The number of benzene rings is 1. The van der Waals surface area contributed by atoms with E-state index >= 15 is 0 Å². The number of alkyl halides is 6. The van der Waals surface area contributed by atoms with Gasteiger partial charge in [-0.05, 0) is 35.9 Å². The SMILES string of the molecule is O=C(NC(c1ccc(OC(F)(F)F)c(F)c1)c1ncccc1F)c1ccc(=O)n(CC(O)C(F)(F)F)c1. The van der Waals surface area contributed by atoms with Gasteiger partial charge in [0.2, 0.25) is 0 Å². The van der Waals surface area contributed by atoms with Crippen LogP contribution >= 0.6 is 0 Å². The van der Waals surface area contributed by atoms with E-state index in [1.807, 2.05) is 0 Å². The summed E-state index contributed by atoms with van der Waals surface area (Å²) in [4.78, 5) is 28.5. The third-order valence-electron chi connectivity index (χ3n) is 4.84. The Balaban J connectivity index is 1.97. The van der Waals surface area contributed by atoms with Crippen LogP contribution in [0.15, 0.2) is 59.7 Å². The molecule has 2 heterocycles. The lowest BCUT2D eigenvalue weighted by molar-refractivity contribution is -0.275. The van der Waals surface area contributed by atoms with Gasteiger partial charge >= 0.3 is 12.5 Å². The fraction of sp³-hybridized carbons (Fsp3) is 0.227. The Labute approximate surface area is 201 Å². The molecule has 198 valence electrons. The van der Waals surface area contributed by atoms with Crippen LogP contribution in [0.2, 0.25) is 0 Å². The molecule has 1 aromatic carbocycles. The maximum absolute atomic E-state index is 14.5. The van der Waals surface area contributed by atoms with Gasteiger partial charge in [0.25, 0.3) is 11.5 Å². The van der Waals surface area contributed by atoms with E-state index in [4.69, 9.17) is 0 Å². The lowest BCUT2D eigenvalue weighted by Gasteiger charge is -2.21. The zero-order valence-corrected chi connectivity index (χ0v) is 18.1. The molecule has 2 unspecified atom stereocenters. The molecule has 3 rings (SSSR count). The highest BCUT2D eigenvalue weighted by Gasteiger charge is 2.38. The zero-order chi connectivity index (χ0) is 27.5. The predicted octanol–water partition coefficient (Wildman–Crippen LogP) is 3.86. The van der Waals surface area contributed by atoms with Crippen molar-refractivity contribution in [3.8, 4) is 5.75 Å². The van der Waals surface area contributed by atoms with Gasteiger partial charge in [0.05, 0.1) is 18.2 Å². The first-order valence-electron chi connectivity index (χ1n) is 10.1. The molecule has 0 spiro atoms. The van der Waals surface area contributed by atoms with E-state index in [2.05, 4.69) is 15.0 Å². The predicted molar refractivity (Wildman–Crippen MR) is 109 cm³/mol. The summed E-state index contributed by atoms with van der Waals surface area (Å²) in [6.45, 7) is -1.23. The molecular formula is C22H15F8N3O4. The number of nitrogens with one attached hydrogen (secondary N) is 1. The normalized spacial score (nSPS) is 13.6. The smallest absolute Gasteiger partial charge is 0.403 e. The van der Waals surface area contributed by atoms with Crippen molar-refractivity contribution >= 4 is 5.91 Å². The van der Waals surface area contributed by atoms with E-state index < -0.39 is 71.3 Å². The molecule has 0 aliphatic heterocycles. The minimum Gasteiger partial charge on any atom is -0.403 e. The van der Waals surface area contributed by atoms with Crippen LogP contribution in [-0.2, 0) is 6.54 Å². The van der Waals surface area contributed by atoms with Crippen LogP contribution in [0, 0.1) is 11.6 Å². The number of pyridine rings is 2. The van der Waals surface area contributed by atoms with Gasteiger partial charge in [-0.2, -0.15) is 13.2 Å². The zero-order valence-electron chi connectivity index (χ0n) is 18.1. The van der Waals surface area contributed by atoms with Gasteiger partial charge < -0.3 is 19.7 Å². The molecule has 37 heavy (non-hydrogen) atoms. The number of hydrogen-bond donors (Lipinski definition) is 2. The van der Waals surface area contributed by atoms with Crippen molar-refractivity contribution in [1.29, 1.82) is 0 Å². The third kappa shape index (κ3) is 7.03. The average molecular weight is 537 g/mol. The molecule has 1 amide bonds. The number of ether oxygens (including phenoxy) is 1. The minimum atomic E-state index is -5.20. The number of rotatable bonds is 7. The van der Waals surface area contributed by atoms with E-state index in [0.29, 0.717) is 22.9 Å². The van der Waals surface area contributed by atoms with Gasteiger partial charge in [0.1, 0.15) is 11.5 Å². The second-order valence-corrected chi connectivity index (χ2v) is 7.48. The number of nitrogens with zero attached hydrogens (tertiary/aromatic N) is 2. The van der Waals surface area contributed by atoms with E-state index in [1.165, 1.54) is 6.07 Å². The number of amides is 1. The summed E-state index contributed by atoms with van der Waals surface area (Å²) in [5.74, 6) is -4.78. The van der Waals surface area contributed by atoms with Crippen molar-refractivity contribution in [3.63, 3.8) is 0 Å². The Morgan fingerprint density at radius 3 is 2.35 bits per heavy atom. The topological polar surface area (TPSA) is 93.5 Å². The molecule has 2 N–H and O–H groups in total. The number of aromatic nitrogens is 2. The van der Waals surface area contributed by atoms with Gasteiger partial charge in [-0.3, -0.25) is 14.6 Å². The summed E-state index contributed by atoms with van der Waals surface area (Å²) < 4.78 is 108. The number of halogens is 8. The molecule has 0 aliphatic carbocycles. The van der Waals surface area contributed by atoms with Crippen molar-refractivity contribution < 1.29 is 49.8 Å². The Bertz CT molecular complexity index is 1340. The molecule has 15 heteroatoms. The first kappa shape index (κ1) is 27.6. The largest absolute Gasteiger partial charge is 0.573 e. The van der Waals surface area contributed by atoms with Crippen molar-refractivity contribution in [1.82, 2.24) is 14.9 Å². The maximum atomic E-state index is 14.5. The van der Waals surface area contributed by atoms with Gasteiger partial charge in [-0.25, -0.2) is 8.78 Å². The molecule has 7 nitrogen and oxygen atoms in total. The van der Waals surface area contributed by atoms with Crippen molar-refractivity contribution in [2.45, 2.75) is 31.2 Å². The van der Waals surface area contributed by atoms with E-state index in [1.54, 1.807) is 0 Å². The first-order chi connectivity index (χ1) is 17.2. The van der Waals surface area contributed by atoms with Crippen molar-refractivity contribution in [3.05, 3.63) is 93.7 Å². The standard InChI is InChI=1S/C22H15F8N3O4/c23-13-2-1-7-31-19(13)18(11-3-5-15(14(24)8-11)37-22(28,29)30)32-20(36)12-4-6-17(35)33(9-12)10-16(34)21(25,26)27/h1-9,16,18,34H,10H2,(H,32,36). The lowest BCUT2D eigenvalue weighted by atomic mass is 10.0. The molecule has 0 radical (unpaired) electrons. The van der Waals surface area contributed by atoms with Crippen LogP contribution in [0.5, 0.6) is 5.75 Å². The molecule has 3 aromatic rings. The number of aliphatic hydroxyl groups is 1. The summed E-state index contributed by atoms with van der Waals surface area (Å²) in [5.41, 5.74) is -2.12. The summed E-state index contributed by atoms with van der Waals surface area (Å²) in [7, 11) is 0. The van der Waals surface area contributed by atoms with Gasteiger partial charge in [0.15, 0.2) is 17.7 Å². The highest BCUT2D eigenvalue weighted by atomic mass is 19.4. The van der Waals surface area contributed by atoms with Gasteiger partial charge in [0, 0.05) is 18.5 Å². The summed E-state index contributed by atoms with van der Waals surface area (Å²) in [6, 6.07) is 4.27. The Hall–Kier alpha value is -4.01. The van der Waals surface area contributed by atoms with E-state index in [0.717, 1.165) is 30.5 Å². The molecule has 0 saturated carbocycles. The van der Waals surface area contributed by atoms with Gasteiger partial charge in [-0.15, -0.1) is 13.2 Å². The van der Waals surface area contributed by atoms with Crippen LogP contribution in [0.4, 0.5) is 35.1 Å². The average Bonchev–Trinajstić information content (AvgIpc) is 2.79. The second-order valence-electron chi connectivity index (χ2n) is 7.48. The lowest BCUT2D eigenvalue weighted by Crippen LogP contribution is -2.37. The first-order valence-corrected chi connectivity index (χ1v) is 10.1. The number of aliphatic hydroxyl groups excluding tert-OH is 1. The van der Waals surface area contributed by atoms with Crippen molar-refractivity contribution in [2.24, 2.45) is 0 Å². The summed E-state index contributed by atoms with van der Waals surface area (Å²) in [5, 5.41) is 11.5. The Morgan fingerprint density at radius 1 is 1.05 bits per heavy atom. The summed E-state index contributed by atoms with van der Waals surface area (Å²) in [6.07, 6.45) is -11.3. The van der Waals surface area contributed by atoms with E-state index in [9.17, 15) is 49.8 Å². The third-order valence-corrected chi connectivity index (χ3v) is 4.84. The Kier molecular flexibility index (Phi) is 7.86. The molecular weight excluding hydrogens is 522 g/mol. The molecule has 0 bridgehead atoms. The number of hydrogen-bond acceptors (Lipinski definition) is 5. The second kappa shape index (κ2) is 10.5. The quantitative estimate of drug-likeness (QED) is 0.447. The fourth-order valence-electron chi connectivity index (χ4n) is 3.14. The summed E-state index contributed by atoms with van der Waals surface area (Å²) >= 11 is 0. The Morgan fingerprint density at radius 2 is 1.76 bits per heavy atom. The maximum Gasteiger partial charge on any atom is 0.573 e. The van der Waals surface area contributed by atoms with Crippen LogP contribution < -0.4 is 15.6 Å². The fourth-order valence-corrected chi connectivity index (χ4v) is 3.14. The number of carbonyl (C=O) groups excluding carboxylic acids is 1. The van der Waals surface area contributed by atoms with Crippen LogP contribution in [0.3, 0.4) is 0 Å². The molecule has 0 aliphatic rings. The van der Waals surface area contributed by atoms with Crippen LogP contribution in [0.1, 0.15) is 27.7 Å². The minimum absolute atomic E-state index is 0.265. The van der Waals surface area contributed by atoms with Crippen LogP contribution in [-0.4, -0.2) is 39.2 Å². The molecule has 2 atom stereocenters.